The summed E-state index contributed by atoms with van der Waals surface area (Å²) in [5, 5.41) is 6.77. The number of hydrogen-bond acceptors (Lipinski definition) is 4. The van der Waals surface area contributed by atoms with Gasteiger partial charge in [-0.1, -0.05) is 0 Å². The Bertz CT molecular complexity index is 644. The van der Waals surface area contributed by atoms with E-state index in [-0.39, 0.29) is 11.7 Å². The summed E-state index contributed by atoms with van der Waals surface area (Å²) < 4.78 is 39.2. The predicted octanol–water partition coefficient (Wildman–Crippen LogP) is 2.79. The van der Waals surface area contributed by atoms with Gasteiger partial charge >= 0.3 is 6.18 Å². The van der Waals surface area contributed by atoms with E-state index in [4.69, 9.17) is 5.73 Å². The first kappa shape index (κ1) is 14.7. The number of nitrogens with zero attached hydrogens (tertiary/aromatic N) is 3. The zero-order valence-electron chi connectivity index (χ0n) is 11.8. The van der Waals surface area contributed by atoms with Crippen molar-refractivity contribution in [3.05, 3.63) is 35.7 Å². The molecule has 5 nitrogen and oxygen atoms in total. The third kappa shape index (κ3) is 2.86. The van der Waals surface area contributed by atoms with E-state index in [1.165, 1.54) is 12.3 Å². The molecule has 2 aromatic heterocycles. The van der Waals surface area contributed by atoms with E-state index < -0.39 is 11.7 Å². The number of halogens is 3. The molecule has 8 heteroatoms. The molecular weight excluding hydrogens is 295 g/mol. The van der Waals surface area contributed by atoms with Crippen LogP contribution in [0.2, 0.25) is 0 Å². The second-order valence-electron chi connectivity index (χ2n) is 5.38. The molecule has 3 heterocycles. The minimum Gasteiger partial charge on any atom is -0.382 e. The molecule has 1 saturated heterocycles. The lowest BCUT2D eigenvalue weighted by molar-refractivity contribution is -0.137. The normalized spacial score (nSPS) is 17.0. The van der Waals surface area contributed by atoms with Crippen LogP contribution in [0.1, 0.15) is 30.0 Å². The Balaban J connectivity index is 1.74. The molecule has 0 bridgehead atoms. The Morgan fingerprint density at radius 1 is 1.27 bits per heavy atom. The van der Waals surface area contributed by atoms with Gasteiger partial charge in [-0.05, 0) is 25.0 Å². The Labute approximate surface area is 125 Å². The summed E-state index contributed by atoms with van der Waals surface area (Å²) in [6.45, 7) is 1.04. The summed E-state index contributed by atoms with van der Waals surface area (Å²) in [5.74, 6) is 0.679. The lowest BCUT2D eigenvalue weighted by Gasteiger charge is -2.33. The van der Waals surface area contributed by atoms with Gasteiger partial charge in [-0.15, -0.1) is 0 Å². The number of rotatable bonds is 2. The Hall–Kier alpha value is -2.25. The first-order valence-corrected chi connectivity index (χ1v) is 7.03. The number of hydrogen-bond donors (Lipinski definition) is 2. The average molecular weight is 311 g/mol. The summed E-state index contributed by atoms with van der Waals surface area (Å²) in [6, 6.07) is 4.17. The van der Waals surface area contributed by atoms with Crippen molar-refractivity contribution >= 4 is 11.6 Å². The highest BCUT2D eigenvalue weighted by Crippen LogP contribution is 2.37. The summed E-state index contributed by atoms with van der Waals surface area (Å²) in [5.41, 5.74) is 5.84. The van der Waals surface area contributed by atoms with Crippen molar-refractivity contribution in [1.82, 2.24) is 15.2 Å². The third-order valence-electron chi connectivity index (χ3n) is 3.94. The second-order valence-corrected chi connectivity index (χ2v) is 5.38. The van der Waals surface area contributed by atoms with Crippen LogP contribution in [0.4, 0.5) is 24.8 Å². The molecule has 3 rings (SSSR count). The van der Waals surface area contributed by atoms with Gasteiger partial charge in [0, 0.05) is 37.0 Å². The Morgan fingerprint density at radius 3 is 2.59 bits per heavy atom. The highest BCUT2D eigenvalue weighted by Gasteiger charge is 2.36. The van der Waals surface area contributed by atoms with Crippen LogP contribution >= 0.6 is 0 Å². The maximum Gasteiger partial charge on any atom is 0.419 e. The number of anilines is 2. The maximum atomic E-state index is 13.1. The number of H-pyrrole nitrogens is 1. The fraction of sp³-hybridized carbons (Fsp3) is 0.429. The predicted molar refractivity (Wildman–Crippen MR) is 76.4 cm³/mol. The molecule has 0 aromatic carbocycles. The average Bonchev–Trinajstić information content (AvgIpc) is 2.93. The first-order valence-electron chi connectivity index (χ1n) is 7.03. The third-order valence-corrected chi connectivity index (χ3v) is 3.94. The largest absolute Gasteiger partial charge is 0.419 e. The van der Waals surface area contributed by atoms with Crippen LogP contribution in [-0.4, -0.2) is 28.3 Å². The number of nitrogens with one attached hydrogen (secondary N) is 1. The monoisotopic (exact) mass is 311 g/mol. The van der Waals surface area contributed by atoms with E-state index in [1.54, 1.807) is 11.0 Å². The summed E-state index contributed by atoms with van der Waals surface area (Å²) >= 11 is 0. The number of alkyl halides is 3. The lowest BCUT2D eigenvalue weighted by Crippen LogP contribution is -2.35. The van der Waals surface area contributed by atoms with E-state index in [1.807, 2.05) is 0 Å². The Kier molecular flexibility index (Phi) is 3.67. The molecular formula is C14H16F3N5. The molecule has 1 aliphatic heterocycles. The van der Waals surface area contributed by atoms with Gasteiger partial charge in [0.2, 0.25) is 0 Å². The fourth-order valence-electron chi connectivity index (χ4n) is 2.83. The number of nitrogens with two attached hydrogens (primary N) is 1. The van der Waals surface area contributed by atoms with Gasteiger partial charge in [-0.25, -0.2) is 4.98 Å². The number of aromatic amines is 1. The van der Waals surface area contributed by atoms with Gasteiger partial charge in [-0.3, -0.25) is 5.10 Å². The van der Waals surface area contributed by atoms with E-state index in [9.17, 15) is 13.2 Å². The van der Waals surface area contributed by atoms with Gasteiger partial charge in [0.05, 0.1) is 5.56 Å². The van der Waals surface area contributed by atoms with E-state index in [0.717, 1.165) is 24.6 Å². The van der Waals surface area contributed by atoms with Crippen molar-refractivity contribution in [3.63, 3.8) is 0 Å². The van der Waals surface area contributed by atoms with Crippen LogP contribution < -0.4 is 10.6 Å². The van der Waals surface area contributed by atoms with Gasteiger partial charge in [0.25, 0.3) is 0 Å². The lowest BCUT2D eigenvalue weighted by atomic mass is 9.93. The molecule has 1 fully saturated rings. The van der Waals surface area contributed by atoms with Crippen LogP contribution in [0.3, 0.4) is 0 Å². The zero-order chi connectivity index (χ0) is 15.7. The molecule has 3 N–H and O–H groups in total. The number of nitrogen functional groups attached to an aromatic ring is 1. The van der Waals surface area contributed by atoms with Gasteiger partial charge in [0.15, 0.2) is 0 Å². The standard InChI is InChI=1S/C14H16F3N5/c15-14(16,17)10-2-1-5-19-13(10)22-6-3-9(4-7-22)11-8-12(18)21-20-11/h1-2,5,8-9H,3-4,6-7H2,(H3,18,20,21). The SMILES string of the molecule is Nc1cc(C2CCN(c3ncccc3C(F)(F)F)CC2)[nH]n1. The first-order chi connectivity index (χ1) is 10.4. The molecule has 0 saturated carbocycles. The summed E-state index contributed by atoms with van der Waals surface area (Å²) in [6.07, 6.45) is -1.53. The number of aromatic nitrogens is 3. The van der Waals surface area contributed by atoms with Crippen LogP contribution in [-0.2, 0) is 6.18 Å². The highest BCUT2D eigenvalue weighted by atomic mass is 19.4. The van der Waals surface area contributed by atoms with Crippen LogP contribution in [0.25, 0.3) is 0 Å². The van der Waals surface area contributed by atoms with Crippen molar-refractivity contribution < 1.29 is 13.2 Å². The van der Waals surface area contributed by atoms with Crippen LogP contribution in [0.15, 0.2) is 24.4 Å². The number of piperidine rings is 1. The van der Waals surface area contributed by atoms with Gasteiger partial charge in [-0.2, -0.15) is 18.3 Å². The molecule has 0 amide bonds. The molecule has 1 aliphatic rings. The maximum absolute atomic E-state index is 13.1. The van der Waals surface area contributed by atoms with E-state index >= 15 is 0 Å². The quantitative estimate of drug-likeness (QED) is 0.894. The summed E-state index contributed by atoms with van der Waals surface area (Å²) in [7, 11) is 0. The smallest absolute Gasteiger partial charge is 0.382 e. The molecule has 0 radical (unpaired) electrons. The van der Waals surface area contributed by atoms with Crippen molar-refractivity contribution in [2.24, 2.45) is 0 Å². The van der Waals surface area contributed by atoms with Crippen molar-refractivity contribution in [1.29, 1.82) is 0 Å². The molecule has 118 valence electrons. The minimum atomic E-state index is -4.39. The topological polar surface area (TPSA) is 70.8 Å². The Morgan fingerprint density at radius 2 is 2.00 bits per heavy atom. The molecule has 2 aromatic rings. The van der Waals surface area contributed by atoms with E-state index in [0.29, 0.717) is 18.9 Å². The molecule has 0 atom stereocenters. The van der Waals surface area contributed by atoms with Crippen LogP contribution in [0, 0.1) is 0 Å². The van der Waals surface area contributed by atoms with Crippen molar-refractivity contribution in [2.75, 3.05) is 23.7 Å². The molecule has 22 heavy (non-hydrogen) atoms. The summed E-state index contributed by atoms with van der Waals surface area (Å²) in [4.78, 5) is 5.63. The van der Waals surface area contributed by atoms with Gasteiger partial charge in [0.1, 0.15) is 11.6 Å². The highest BCUT2D eigenvalue weighted by molar-refractivity contribution is 5.49. The molecule has 0 aliphatic carbocycles. The van der Waals surface area contributed by atoms with Crippen molar-refractivity contribution in [2.45, 2.75) is 24.9 Å². The van der Waals surface area contributed by atoms with Crippen LogP contribution in [0.5, 0.6) is 0 Å². The second kappa shape index (κ2) is 5.51. The minimum absolute atomic E-state index is 0.0116. The number of pyridine rings is 1. The van der Waals surface area contributed by atoms with Crippen molar-refractivity contribution in [3.8, 4) is 0 Å². The fourth-order valence-corrected chi connectivity index (χ4v) is 2.83. The van der Waals surface area contributed by atoms with E-state index in [2.05, 4.69) is 15.2 Å². The zero-order valence-corrected chi connectivity index (χ0v) is 11.8. The van der Waals surface area contributed by atoms with Gasteiger partial charge < -0.3 is 10.6 Å². The molecule has 0 spiro atoms. The molecule has 0 unspecified atom stereocenters.